The van der Waals surface area contributed by atoms with E-state index in [1.54, 1.807) is 0 Å². The molecule has 0 rings (SSSR count). The third kappa shape index (κ3) is 2.28. The molecule has 0 aromatic carbocycles. The molecular weight excluding hydrogens is 192 g/mol. The van der Waals surface area contributed by atoms with Crippen LogP contribution in [-0.4, -0.2) is 17.6 Å². The largest absolute Gasteiger partial charge is 0.312 e. The fraction of sp³-hybridized carbons (Fsp3) is 1.00. The van der Waals surface area contributed by atoms with Crippen molar-refractivity contribution in [3.8, 4) is 0 Å². The summed E-state index contributed by atoms with van der Waals surface area (Å²) >= 11 is 3.50. The van der Waals surface area contributed by atoms with Gasteiger partial charge in [0.05, 0.1) is 0 Å². The molecule has 0 nitrogen and oxygen atoms in total. The maximum Gasteiger partial charge on any atom is 0.312 e. The lowest BCUT2D eigenvalue weighted by Crippen LogP contribution is -2.44. The zero-order chi connectivity index (χ0) is 9.99. The van der Waals surface area contributed by atoms with Gasteiger partial charge in [0, 0.05) is 12.3 Å². The zero-order valence-electron chi connectivity index (χ0n) is 6.95. The second-order valence-electron chi connectivity index (χ2n) is 2.96. The van der Waals surface area contributed by atoms with Crippen LogP contribution in [0.15, 0.2) is 0 Å². The van der Waals surface area contributed by atoms with Crippen LogP contribution in [0.5, 0.6) is 0 Å². The maximum atomic E-state index is 12.7. The van der Waals surface area contributed by atoms with E-state index in [0.29, 0.717) is 0 Å². The second kappa shape index (κ2) is 3.85. The van der Waals surface area contributed by atoms with Crippen LogP contribution < -0.4 is 0 Å². The van der Waals surface area contributed by atoms with E-state index >= 15 is 0 Å². The van der Waals surface area contributed by atoms with Gasteiger partial charge in [0.1, 0.15) is 0 Å². The van der Waals surface area contributed by atoms with E-state index in [-0.39, 0.29) is 5.75 Å². The molecule has 0 aliphatic heterocycles. The molecule has 0 aromatic heterocycles. The highest BCUT2D eigenvalue weighted by Crippen LogP contribution is 2.42. The molecule has 12 heavy (non-hydrogen) atoms. The summed E-state index contributed by atoms with van der Waals surface area (Å²) in [5.74, 6) is -9.47. The zero-order valence-corrected chi connectivity index (χ0v) is 7.85. The van der Waals surface area contributed by atoms with Gasteiger partial charge in [-0.05, 0) is 5.75 Å². The Hall–Kier alpha value is 0.0700. The van der Waals surface area contributed by atoms with Gasteiger partial charge in [0.25, 0.3) is 0 Å². The summed E-state index contributed by atoms with van der Waals surface area (Å²) < 4.78 is 50.8. The molecule has 0 saturated carbocycles. The van der Waals surface area contributed by atoms with Crippen LogP contribution in [0.1, 0.15) is 20.3 Å². The Morgan fingerprint density at radius 2 is 1.58 bits per heavy atom. The third-order valence-electron chi connectivity index (χ3n) is 1.64. The fourth-order valence-corrected chi connectivity index (χ4v) is 1.01. The smallest absolute Gasteiger partial charge is 0.200 e. The van der Waals surface area contributed by atoms with Crippen molar-refractivity contribution in [2.75, 3.05) is 5.75 Å². The van der Waals surface area contributed by atoms with Crippen LogP contribution in [0.25, 0.3) is 0 Å². The first-order chi connectivity index (χ1) is 5.25. The lowest BCUT2D eigenvalue weighted by Gasteiger charge is -2.29. The summed E-state index contributed by atoms with van der Waals surface area (Å²) in [7, 11) is 0. The van der Waals surface area contributed by atoms with Crippen molar-refractivity contribution in [1.82, 2.24) is 0 Å². The Morgan fingerprint density at radius 1 is 1.17 bits per heavy atom. The van der Waals surface area contributed by atoms with Crippen molar-refractivity contribution in [1.29, 1.82) is 0 Å². The molecular formula is C7H12F4S. The van der Waals surface area contributed by atoms with Gasteiger partial charge in [0.2, 0.25) is 0 Å². The molecule has 0 aromatic rings. The predicted molar refractivity (Wildman–Crippen MR) is 43.2 cm³/mol. The molecule has 74 valence electrons. The van der Waals surface area contributed by atoms with Gasteiger partial charge >= 0.3 is 11.8 Å². The van der Waals surface area contributed by atoms with E-state index in [1.165, 1.54) is 0 Å². The van der Waals surface area contributed by atoms with Gasteiger partial charge in [-0.15, -0.1) is 0 Å². The minimum atomic E-state index is -3.94. The van der Waals surface area contributed by atoms with Crippen LogP contribution in [0.2, 0.25) is 0 Å². The molecule has 0 saturated heterocycles. The minimum Gasteiger partial charge on any atom is -0.200 e. The number of alkyl halides is 4. The van der Waals surface area contributed by atoms with Gasteiger partial charge in [-0.25, -0.2) is 0 Å². The van der Waals surface area contributed by atoms with E-state index in [4.69, 9.17) is 0 Å². The Labute approximate surface area is 74.7 Å². The summed E-state index contributed by atoms with van der Waals surface area (Å²) in [6, 6.07) is 0. The van der Waals surface area contributed by atoms with Crippen LogP contribution in [-0.2, 0) is 0 Å². The van der Waals surface area contributed by atoms with Crippen molar-refractivity contribution in [3.05, 3.63) is 0 Å². The van der Waals surface area contributed by atoms with E-state index in [0.717, 1.165) is 13.8 Å². The molecule has 5 heteroatoms. The fourth-order valence-electron chi connectivity index (χ4n) is 0.729. The van der Waals surface area contributed by atoms with E-state index in [9.17, 15) is 17.6 Å². The summed E-state index contributed by atoms with van der Waals surface area (Å²) in [6.07, 6.45) is -0.888. The molecule has 0 amide bonds. The molecule has 0 atom stereocenters. The van der Waals surface area contributed by atoms with Crippen LogP contribution in [0, 0.1) is 5.92 Å². The summed E-state index contributed by atoms with van der Waals surface area (Å²) in [4.78, 5) is 0. The first kappa shape index (κ1) is 12.1. The Bertz CT molecular complexity index is 144. The van der Waals surface area contributed by atoms with Crippen molar-refractivity contribution in [3.63, 3.8) is 0 Å². The molecule has 0 N–H and O–H groups in total. The summed E-state index contributed by atoms with van der Waals surface area (Å²) in [5, 5.41) is 0. The van der Waals surface area contributed by atoms with Crippen molar-refractivity contribution in [2.45, 2.75) is 32.1 Å². The molecule has 0 bridgehead atoms. The predicted octanol–water partition coefficient (Wildman–Crippen LogP) is 3.23. The Kier molecular flexibility index (Phi) is 3.87. The standard InChI is InChI=1S/C7H12F4S/c1-5(2)7(10,11)6(8,9)3-4-12/h5,12H,3-4H2,1-2H3. The third-order valence-corrected chi connectivity index (χ3v) is 1.86. The maximum absolute atomic E-state index is 12.7. The van der Waals surface area contributed by atoms with Crippen LogP contribution in [0.4, 0.5) is 17.6 Å². The number of hydrogen-bond acceptors (Lipinski definition) is 1. The normalized spacial score (nSPS) is 14.0. The van der Waals surface area contributed by atoms with E-state index in [1.807, 2.05) is 0 Å². The highest BCUT2D eigenvalue weighted by atomic mass is 32.1. The molecule has 0 aliphatic carbocycles. The van der Waals surface area contributed by atoms with Gasteiger partial charge in [-0.3, -0.25) is 0 Å². The number of thiol groups is 1. The lowest BCUT2D eigenvalue weighted by atomic mass is 9.98. The SMILES string of the molecule is CC(C)C(F)(F)C(F)(F)CCS. The van der Waals surface area contributed by atoms with Crippen molar-refractivity contribution < 1.29 is 17.6 Å². The van der Waals surface area contributed by atoms with Crippen molar-refractivity contribution in [2.24, 2.45) is 5.92 Å². The number of hydrogen-bond donors (Lipinski definition) is 1. The van der Waals surface area contributed by atoms with Crippen molar-refractivity contribution >= 4 is 12.6 Å². The van der Waals surface area contributed by atoms with E-state index < -0.39 is 24.2 Å². The second-order valence-corrected chi connectivity index (χ2v) is 3.40. The highest BCUT2D eigenvalue weighted by Gasteiger charge is 2.56. The lowest BCUT2D eigenvalue weighted by molar-refractivity contribution is -0.230. The van der Waals surface area contributed by atoms with Gasteiger partial charge in [-0.1, -0.05) is 13.8 Å². The molecule has 0 spiro atoms. The Morgan fingerprint density at radius 3 is 1.83 bits per heavy atom. The average Bonchev–Trinajstić information content (AvgIpc) is 1.86. The quantitative estimate of drug-likeness (QED) is 0.527. The first-order valence-corrected chi connectivity index (χ1v) is 4.25. The molecule has 0 heterocycles. The summed E-state index contributed by atoms with van der Waals surface area (Å²) in [6.45, 7) is 2.15. The summed E-state index contributed by atoms with van der Waals surface area (Å²) in [5.41, 5.74) is 0. The minimum absolute atomic E-state index is 0.241. The molecule has 0 radical (unpaired) electrons. The highest BCUT2D eigenvalue weighted by molar-refractivity contribution is 7.80. The van der Waals surface area contributed by atoms with Gasteiger partial charge in [-0.2, -0.15) is 30.2 Å². The monoisotopic (exact) mass is 204 g/mol. The van der Waals surface area contributed by atoms with Gasteiger partial charge < -0.3 is 0 Å². The van der Waals surface area contributed by atoms with Crippen LogP contribution in [0.3, 0.4) is 0 Å². The van der Waals surface area contributed by atoms with E-state index in [2.05, 4.69) is 12.6 Å². The van der Waals surface area contributed by atoms with Gasteiger partial charge in [0.15, 0.2) is 0 Å². The average molecular weight is 204 g/mol. The first-order valence-electron chi connectivity index (χ1n) is 3.62. The Balaban J connectivity index is 4.50. The van der Waals surface area contributed by atoms with Crippen LogP contribution >= 0.6 is 12.6 Å². The molecule has 0 fully saturated rings. The topological polar surface area (TPSA) is 0 Å². The number of halogens is 4. The molecule has 0 unspecified atom stereocenters. The number of rotatable bonds is 4. The molecule has 0 aliphatic rings.